The topological polar surface area (TPSA) is 62.8 Å². The van der Waals surface area contributed by atoms with Crippen molar-refractivity contribution < 1.29 is 26.0 Å². The summed E-state index contributed by atoms with van der Waals surface area (Å²) in [5, 5.41) is 0. The van der Waals surface area contributed by atoms with E-state index in [0.29, 0.717) is 26.6 Å². The summed E-state index contributed by atoms with van der Waals surface area (Å²) in [4.78, 5) is 5.32. The summed E-state index contributed by atoms with van der Waals surface area (Å²) in [7, 11) is -4.01. The van der Waals surface area contributed by atoms with Crippen LogP contribution >= 0.6 is 31.9 Å². The zero-order valence-corrected chi connectivity index (χ0v) is 17.9. The van der Waals surface area contributed by atoms with Crippen molar-refractivity contribution in [1.29, 1.82) is 0 Å². The molecule has 0 bridgehead atoms. The third-order valence-corrected chi connectivity index (χ3v) is 6.80. The quantitative estimate of drug-likeness (QED) is 0.419. The number of imidazole rings is 1. The number of sulfone groups is 1. The molecule has 0 atom stereocenters. The van der Waals surface area contributed by atoms with Crippen molar-refractivity contribution in [1.82, 2.24) is 9.97 Å². The SMILES string of the molecule is CS(=O)(=O)c1cc(F)c(-c2nc(C(F)F)[nH]c2-c2ccc(Br)c(Br)c2)cc1F. The number of nitrogens with zero attached hydrogens (tertiary/aromatic N) is 1. The third-order valence-electron chi connectivity index (χ3n) is 3.81. The van der Waals surface area contributed by atoms with E-state index >= 15 is 0 Å². The van der Waals surface area contributed by atoms with Gasteiger partial charge in [-0.15, -0.1) is 0 Å². The minimum absolute atomic E-state index is 0.0360. The fourth-order valence-corrected chi connectivity index (χ4v) is 3.90. The van der Waals surface area contributed by atoms with Crippen molar-refractivity contribution in [2.45, 2.75) is 11.3 Å². The number of nitrogens with one attached hydrogen (secondary N) is 1. The van der Waals surface area contributed by atoms with Crippen molar-refractivity contribution in [3.63, 3.8) is 0 Å². The Labute approximate surface area is 174 Å². The number of aromatic nitrogens is 2. The van der Waals surface area contributed by atoms with E-state index in [0.717, 1.165) is 6.26 Å². The summed E-state index contributed by atoms with van der Waals surface area (Å²) < 4.78 is 79.7. The van der Waals surface area contributed by atoms with E-state index < -0.39 is 44.2 Å². The van der Waals surface area contributed by atoms with Crippen LogP contribution in [0.25, 0.3) is 22.5 Å². The molecule has 0 fully saturated rings. The number of rotatable bonds is 4. The Kier molecular flexibility index (Phi) is 5.70. The van der Waals surface area contributed by atoms with Gasteiger partial charge in [-0.2, -0.15) is 0 Å². The molecule has 0 radical (unpaired) electrons. The van der Waals surface area contributed by atoms with Gasteiger partial charge in [0.2, 0.25) is 0 Å². The molecule has 0 aliphatic heterocycles. The number of benzene rings is 2. The minimum Gasteiger partial charge on any atom is -0.337 e. The molecule has 4 nitrogen and oxygen atoms in total. The van der Waals surface area contributed by atoms with E-state index in [2.05, 4.69) is 41.8 Å². The van der Waals surface area contributed by atoms with Crippen molar-refractivity contribution in [3.8, 4) is 22.5 Å². The summed E-state index contributed by atoms with van der Waals surface area (Å²) in [6.07, 6.45) is -2.24. The van der Waals surface area contributed by atoms with Crippen molar-refractivity contribution in [2.75, 3.05) is 6.26 Å². The van der Waals surface area contributed by atoms with Gasteiger partial charge < -0.3 is 4.98 Å². The molecule has 0 saturated heterocycles. The number of alkyl halides is 2. The van der Waals surface area contributed by atoms with Gasteiger partial charge in [0.25, 0.3) is 6.43 Å². The first kappa shape index (κ1) is 21.0. The summed E-state index contributed by atoms with van der Waals surface area (Å²) in [5.41, 5.74) is -0.284. The molecule has 3 rings (SSSR count). The smallest absolute Gasteiger partial charge is 0.295 e. The minimum atomic E-state index is -4.01. The fourth-order valence-electron chi connectivity index (χ4n) is 2.54. The standard InChI is InChI=1S/C17H10Br2F4N2O2S/c1-28(26,27)13-6-11(20)8(5-12(13)21)15-14(24-17(25-15)16(22)23)7-2-3-9(18)10(19)4-7/h2-6,16H,1H3,(H,24,25). The first-order valence-electron chi connectivity index (χ1n) is 7.52. The van der Waals surface area contributed by atoms with Crippen molar-refractivity contribution in [3.05, 3.63) is 56.7 Å². The van der Waals surface area contributed by atoms with Crippen LogP contribution in [-0.4, -0.2) is 24.6 Å². The molecule has 148 valence electrons. The van der Waals surface area contributed by atoms with Gasteiger partial charge in [-0.25, -0.2) is 31.0 Å². The van der Waals surface area contributed by atoms with Crippen LogP contribution < -0.4 is 0 Å². The monoisotopic (exact) mass is 540 g/mol. The molecule has 3 aromatic rings. The Hall–Kier alpha value is -1.72. The second-order valence-corrected chi connectivity index (χ2v) is 9.50. The van der Waals surface area contributed by atoms with Gasteiger partial charge in [0, 0.05) is 26.3 Å². The normalized spacial score (nSPS) is 12.0. The van der Waals surface area contributed by atoms with E-state index in [4.69, 9.17) is 0 Å². The third kappa shape index (κ3) is 4.01. The van der Waals surface area contributed by atoms with Gasteiger partial charge in [-0.3, -0.25) is 0 Å². The molecule has 0 amide bonds. The highest BCUT2D eigenvalue weighted by molar-refractivity contribution is 9.13. The summed E-state index contributed by atoms with van der Waals surface area (Å²) in [5.74, 6) is -3.04. The number of hydrogen-bond acceptors (Lipinski definition) is 3. The predicted molar refractivity (Wildman–Crippen MR) is 103 cm³/mol. The molecular formula is C17H10Br2F4N2O2S. The van der Waals surface area contributed by atoms with Crippen LogP contribution in [0.4, 0.5) is 17.6 Å². The number of hydrogen-bond donors (Lipinski definition) is 1. The van der Waals surface area contributed by atoms with E-state index in [1.54, 1.807) is 18.2 Å². The maximum atomic E-state index is 14.6. The van der Waals surface area contributed by atoms with Gasteiger partial charge >= 0.3 is 0 Å². The Morgan fingerprint density at radius 1 is 1.04 bits per heavy atom. The Morgan fingerprint density at radius 3 is 2.29 bits per heavy atom. The zero-order valence-electron chi connectivity index (χ0n) is 13.9. The average molecular weight is 542 g/mol. The van der Waals surface area contributed by atoms with Crippen LogP contribution in [0.3, 0.4) is 0 Å². The van der Waals surface area contributed by atoms with Crippen molar-refractivity contribution >= 4 is 41.7 Å². The maximum Gasteiger partial charge on any atom is 0.295 e. The van der Waals surface area contributed by atoms with Crippen LogP contribution in [0.5, 0.6) is 0 Å². The van der Waals surface area contributed by atoms with Crippen molar-refractivity contribution in [2.24, 2.45) is 0 Å². The van der Waals surface area contributed by atoms with Crippen LogP contribution in [0, 0.1) is 11.6 Å². The molecule has 1 aromatic heterocycles. The lowest BCUT2D eigenvalue weighted by atomic mass is 10.0. The molecule has 1 heterocycles. The van der Waals surface area contributed by atoms with Crippen LogP contribution in [0.2, 0.25) is 0 Å². The highest BCUT2D eigenvalue weighted by Crippen LogP contribution is 2.37. The molecule has 11 heteroatoms. The fraction of sp³-hybridized carbons (Fsp3) is 0.118. The lowest BCUT2D eigenvalue weighted by Gasteiger charge is -2.08. The molecular weight excluding hydrogens is 532 g/mol. The maximum absolute atomic E-state index is 14.6. The summed E-state index contributed by atoms with van der Waals surface area (Å²) in [6.45, 7) is 0. The number of aromatic amines is 1. The summed E-state index contributed by atoms with van der Waals surface area (Å²) in [6, 6.07) is 5.93. The first-order chi connectivity index (χ1) is 13.0. The molecule has 0 unspecified atom stereocenters. The van der Waals surface area contributed by atoms with Crippen LogP contribution in [0.1, 0.15) is 12.2 Å². The Bertz CT molecular complexity index is 1180. The zero-order chi connectivity index (χ0) is 20.8. The lowest BCUT2D eigenvalue weighted by molar-refractivity contribution is 0.141. The van der Waals surface area contributed by atoms with Gasteiger partial charge in [0.05, 0.1) is 11.4 Å². The largest absolute Gasteiger partial charge is 0.337 e. The van der Waals surface area contributed by atoms with Crippen LogP contribution in [-0.2, 0) is 9.84 Å². The second kappa shape index (κ2) is 7.60. The van der Waals surface area contributed by atoms with Gasteiger partial charge in [0.15, 0.2) is 15.7 Å². The van der Waals surface area contributed by atoms with E-state index in [1.807, 2.05) is 0 Å². The Morgan fingerprint density at radius 2 is 1.71 bits per heavy atom. The molecule has 0 saturated carbocycles. The van der Waals surface area contributed by atoms with Gasteiger partial charge in [0.1, 0.15) is 16.5 Å². The Balaban J connectivity index is 2.27. The van der Waals surface area contributed by atoms with Gasteiger partial charge in [-0.05, 0) is 56.1 Å². The first-order valence-corrected chi connectivity index (χ1v) is 11.0. The van der Waals surface area contributed by atoms with E-state index in [-0.39, 0.29) is 11.4 Å². The number of halogens is 6. The predicted octanol–water partition coefficient (Wildman–Crippen LogP) is 5.89. The van der Waals surface area contributed by atoms with Gasteiger partial charge in [-0.1, -0.05) is 6.07 Å². The molecule has 2 aromatic carbocycles. The lowest BCUT2D eigenvalue weighted by Crippen LogP contribution is -2.03. The second-order valence-electron chi connectivity index (χ2n) is 5.81. The molecule has 0 aliphatic carbocycles. The highest BCUT2D eigenvalue weighted by atomic mass is 79.9. The van der Waals surface area contributed by atoms with Crippen LogP contribution in [0.15, 0.2) is 44.2 Å². The molecule has 0 spiro atoms. The molecule has 28 heavy (non-hydrogen) atoms. The average Bonchev–Trinajstić information content (AvgIpc) is 3.03. The number of H-pyrrole nitrogens is 1. The van der Waals surface area contributed by atoms with E-state index in [9.17, 15) is 26.0 Å². The van der Waals surface area contributed by atoms with E-state index in [1.165, 1.54) is 0 Å². The molecule has 1 N–H and O–H groups in total. The highest BCUT2D eigenvalue weighted by Gasteiger charge is 2.25. The molecule has 0 aliphatic rings. The summed E-state index contributed by atoms with van der Waals surface area (Å²) >= 11 is 6.57.